The summed E-state index contributed by atoms with van der Waals surface area (Å²) in [5.41, 5.74) is -0.768. The first-order valence-electron chi connectivity index (χ1n) is 9.66. The maximum Gasteiger partial charge on any atom is 0.338 e. The van der Waals surface area contributed by atoms with Crippen LogP contribution < -0.4 is 0 Å². The van der Waals surface area contributed by atoms with Crippen LogP contribution in [0.4, 0.5) is 0 Å². The Balaban J connectivity index is 1.84. The molecule has 1 aromatic carbocycles. The van der Waals surface area contributed by atoms with Gasteiger partial charge in [-0.15, -0.1) is 0 Å². The first kappa shape index (κ1) is 19.9. The number of benzene rings is 1. The number of fused-ring (bicyclic) bond motifs is 1. The summed E-state index contributed by atoms with van der Waals surface area (Å²) in [7, 11) is 0. The number of aromatic hydroxyl groups is 1. The molecule has 1 aliphatic carbocycles. The van der Waals surface area contributed by atoms with Crippen LogP contribution in [0.15, 0.2) is 36.4 Å². The molecule has 0 bridgehead atoms. The fourth-order valence-electron chi connectivity index (χ4n) is 3.92. The predicted molar refractivity (Wildman–Crippen MR) is 103 cm³/mol. The van der Waals surface area contributed by atoms with Crippen LogP contribution >= 0.6 is 0 Å². The number of phenolic OH excluding ortho intramolecular Hbond substituents is 1. The minimum atomic E-state index is -0.796. The lowest BCUT2D eigenvalue weighted by molar-refractivity contribution is 0.00393. The van der Waals surface area contributed by atoms with Gasteiger partial charge in [0.05, 0.1) is 22.9 Å². The van der Waals surface area contributed by atoms with E-state index < -0.39 is 11.6 Å². The minimum Gasteiger partial charge on any atom is -0.508 e. The van der Waals surface area contributed by atoms with E-state index in [4.69, 9.17) is 9.47 Å². The molecule has 148 valence electrons. The van der Waals surface area contributed by atoms with Crippen molar-refractivity contribution in [3.63, 3.8) is 0 Å². The largest absolute Gasteiger partial charge is 0.508 e. The maximum atomic E-state index is 12.7. The second-order valence-corrected chi connectivity index (χ2v) is 8.77. The Hall–Kier alpha value is -1.85. The smallest absolute Gasteiger partial charge is 0.338 e. The highest BCUT2D eigenvalue weighted by atomic mass is 16.6. The molecule has 1 heterocycles. The van der Waals surface area contributed by atoms with E-state index in [0.29, 0.717) is 24.8 Å². The molecule has 0 aromatic heterocycles. The Bertz CT molecular complexity index is 706. The molecule has 0 spiro atoms. The first-order valence-corrected chi connectivity index (χ1v) is 9.66. The Kier molecular flexibility index (Phi) is 5.37. The van der Waals surface area contributed by atoms with E-state index in [1.165, 1.54) is 12.1 Å². The summed E-state index contributed by atoms with van der Waals surface area (Å²) in [5.74, 6) is 0.0107. The first-order chi connectivity index (χ1) is 12.6. The average molecular weight is 374 g/mol. The van der Waals surface area contributed by atoms with Crippen molar-refractivity contribution in [2.24, 2.45) is 11.8 Å². The van der Waals surface area contributed by atoms with Gasteiger partial charge in [-0.25, -0.2) is 4.79 Å². The molecular formula is C22H30O5. The Morgan fingerprint density at radius 3 is 2.52 bits per heavy atom. The summed E-state index contributed by atoms with van der Waals surface area (Å²) < 4.78 is 11.8. The highest BCUT2D eigenvalue weighted by Crippen LogP contribution is 2.47. The van der Waals surface area contributed by atoms with E-state index in [9.17, 15) is 15.0 Å². The quantitative estimate of drug-likeness (QED) is 0.477. The number of aliphatic hydroxyl groups is 1. The number of carbonyl (C=O) groups is 1. The summed E-state index contributed by atoms with van der Waals surface area (Å²) in [6.45, 7) is 8.08. The predicted octanol–water partition coefficient (Wildman–Crippen LogP) is 3.84. The van der Waals surface area contributed by atoms with Crippen molar-refractivity contribution in [2.45, 2.75) is 70.4 Å². The normalized spacial score (nSPS) is 37.3. The Labute approximate surface area is 161 Å². The molecule has 5 heteroatoms. The third kappa shape index (κ3) is 4.71. The molecule has 27 heavy (non-hydrogen) atoms. The van der Waals surface area contributed by atoms with Crippen LogP contribution in [-0.2, 0) is 9.47 Å². The molecule has 1 aromatic rings. The third-order valence-electron chi connectivity index (χ3n) is 5.74. The molecule has 0 amide bonds. The van der Waals surface area contributed by atoms with E-state index >= 15 is 0 Å². The lowest BCUT2D eigenvalue weighted by atomic mass is 9.80. The van der Waals surface area contributed by atoms with Gasteiger partial charge in [-0.05, 0) is 50.5 Å². The van der Waals surface area contributed by atoms with Crippen molar-refractivity contribution < 1.29 is 24.5 Å². The van der Waals surface area contributed by atoms with Gasteiger partial charge < -0.3 is 19.7 Å². The highest BCUT2D eigenvalue weighted by molar-refractivity contribution is 5.89. The fourth-order valence-corrected chi connectivity index (χ4v) is 3.92. The number of rotatable bonds is 3. The van der Waals surface area contributed by atoms with Crippen LogP contribution in [0.1, 0.15) is 57.3 Å². The zero-order valence-corrected chi connectivity index (χ0v) is 16.5. The number of carbonyl (C=O) groups excluding carboxylic acids is 1. The average Bonchev–Trinajstić information content (AvgIpc) is 3.18. The molecule has 0 saturated carbocycles. The monoisotopic (exact) mass is 374 g/mol. The molecule has 1 fully saturated rings. The zero-order valence-electron chi connectivity index (χ0n) is 16.5. The Morgan fingerprint density at radius 2 is 1.89 bits per heavy atom. The standard InChI is InChI=1S/C22H30O5/c1-14(2)17-6-5-11-21(3,25)13-19-22(4,27-19)12-18(17)26-20(24)15-7-9-16(23)10-8-15/h5-10,14,17-19,23,25H,11-13H2,1-4H3/b6-5+. The SMILES string of the molecule is CC(C)C1/C=C/CC(C)(O)CC2OC2(C)CC1OC(=O)c1ccc(O)cc1. The number of phenols is 1. The van der Waals surface area contributed by atoms with Gasteiger partial charge in [0.1, 0.15) is 11.9 Å². The molecule has 5 nitrogen and oxygen atoms in total. The van der Waals surface area contributed by atoms with Gasteiger partial charge in [-0.1, -0.05) is 26.0 Å². The second kappa shape index (κ2) is 7.28. The van der Waals surface area contributed by atoms with Crippen LogP contribution in [0.5, 0.6) is 5.75 Å². The molecule has 2 N–H and O–H groups in total. The van der Waals surface area contributed by atoms with Gasteiger partial charge in [0.25, 0.3) is 0 Å². The van der Waals surface area contributed by atoms with Crippen molar-refractivity contribution in [1.29, 1.82) is 0 Å². The van der Waals surface area contributed by atoms with Crippen LogP contribution in [0.3, 0.4) is 0 Å². The van der Waals surface area contributed by atoms with E-state index in [0.717, 1.165) is 0 Å². The van der Waals surface area contributed by atoms with Gasteiger partial charge in [-0.3, -0.25) is 0 Å². The van der Waals surface area contributed by atoms with Crippen molar-refractivity contribution in [3.8, 4) is 5.75 Å². The molecule has 0 radical (unpaired) electrons. The van der Waals surface area contributed by atoms with E-state index in [-0.39, 0.29) is 35.4 Å². The molecular weight excluding hydrogens is 344 g/mol. The van der Waals surface area contributed by atoms with Crippen molar-refractivity contribution in [1.82, 2.24) is 0 Å². The summed E-state index contributed by atoms with van der Waals surface area (Å²) in [4.78, 5) is 12.7. The summed E-state index contributed by atoms with van der Waals surface area (Å²) >= 11 is 0. The van der Waals surface area contributed by atoms with Crippen LogP contribution in [-0.4, -0.2) is 39.6 Å². The molecule has 5 atom stereocenters. The van der Waals surface area contributed by atoms with Gasteiger partial charge in [0, 0.05) is 18.8 Å². The molecule has 2 aliphatic rings. The number of hydrogen-bond donors (Lipinski definition) is 2. The van der Waals surface area contributed by atoms with Crippen molar-refractivity contribution in [3.05, 3.63) is 42.0 Å². The van der Waals surface area contributed by atoms with Crippen LogP contribution in [0, 0.1) is 11.8 Å². The van der Waals surface area contributed by atoms with Gasteiger partial charge in [-0.2, -0.15) is 0 Å². The lowest BCUT2D eigenvalue weighted by Gasteiger charge is -2.31. The summed E-state index contributed by atoms with van der Waals surface area (Å²) in [5, 5.41) is 20.0. The molecule has 3 rings (SSSR count). The van der Waals surface area contributed by atoms with E-state index in [2.05, 4.69) is 19.9 Å². The molecule has 1 saturated heterocycles. The van der Waals surface area contributed by atoms with E-state index in [1.807, 2.05) is 19.9 Å². The van der Waals surface area contributed by atoms with Gasteiger partial charge in [0.2, 0.25) is 0 Å². The zero-order chi connectivity index (χ0) is 19.8. The minimum absolute atomic E-state index is 0.0262. The van der Waals surface area contributed by atoms with Crippen LogP contribution in [0.25, 0.3) is 0 Å². The maximum absolute atomic E-state index is 12.7. The Morgan fingerprint density at radius 1 is 1.22 bits per heavy atom. The molecule has 1 aliphatic heterocycles. The van der Waals surface area contributed by atoms with Crippen molar-refractivity contribution in [2.75, 3.05) is 0 Å². The lowest BCUT2D eigenvalue weighted by Crippen LogP contribution is -2.36. The highest BCUT2D eigenvalue weighted by Gasteiger charge is 2.56. The number of ether oxygens (including phenoxy) is 2. The molecule has 5 unspecified atom stereocenters. The van der Waals surface area contributed by atoms with Gasteiger partial charge in [0.15, 0.2) is 0 Å². The number of epoxide rings is 1. The summed E-state index contributed by atoms with van der Waals surface area (Å²) in [6, 6.07) is 6.08. The number of esters is 1. The third-order valence-corrected chi connectivity index (χ3v) is 5.74. The van der Waals surface area contributed by atoms with E-state index in [1.54, 1.807) is 12.1 Å². The second-order valence-electron chi connectivity index (χ2n) is 8.77. The van der Waals surface area contributed by atoms with Gasteiger partial charge >= 0.3 is 5.97 Å². The van der Waals surface area contributed by atoms with Crippen molar-refractivity contribution >= 4 is 5.97 Å². The topological polar surface area (TPSA) is 79.3 Å². The fraction of sp³-hybridized carbons (Fsp3) is 0.591. The summed E-state index contributed by atoms with van der Waals surface area (Å²) in [6.07, 6.45) is 5.42. The van der Waals surface area contributed by atoms with Crippen LogP contribution in [0.2, 0.25) is 0 Å². The number of hydrogen-bond acceptors (Lipinski definition) is 5.